The lowest BCUT2D eigenvalue weighted by atomic mass is 10.2. The number of benzene rings is 1. The van der Waals surface area contributed by atoms with Crippen LogP contribution >= 0.6 is 23.4 Å². The minimum Gasteiger partial charge on any atom is -0.395 e. The molecule has 0 heterocycles. The van der Waals surface area contributed by atoms with Crippen molar-refractivity contribution in [2.45, 2.75) is 23.1 Å². The molecule has 5 nitrogen and oxygen atoms in total. The fourth-order valence-corrected chi connectivity index (χ4v) is 4.15. The second kappa shape index (κ2) is 7.29. The van der Waals surface area contributed by atoms with Crippen LogP contribution in [-0.4, -0.2) is 37.7 Å². The molecule has 20 heavy (non-hydrogen) atoms. The molecular formula is C12H15ClN2O3S2. The second-order valence-corrected chi connectivity index (χ2v) is 7.29. The van der Waals surface area contributed by atoms with Gasteiger partial charge in [-0.1, -0.05) is 11.6 Å². The number of nitriles is 1. The molecule has 0 saturated heterocycles. The average Bonchev–Trinajstić information content (AvgIpc) is 2.38. The van der Waals surface area contributed by atoms with Gasteiger partial charge in [0.05, 0.1) is 23.3 Å². The maximum atomic E-state index is 12.2. The summed E-state index contributed by atoms with van der Waals surface area (Å²) >= 11 is 7.27. The minimum atomic E-state index is -3.80. The van der Waals surface area contributed by atoms with Gasteiger partial charge in [0.25, 0.3) is 0 Å². The zero-order valence-electron chi connectivity index (χ0n) is 11.0. The maximum Gasteiger partial charge on any atom is 0.242 e. The fraction of sp³-hybridized carbons (Fsp3) is 0.417. The Balaban J connectivity index is 3.03. The quantitative estimate of drug-likeness (QED) is 0.824. The molecule has 0 amide bonds. The summed E-state index contributed by atoms with van der Waals surface area (Å²) in [4.78, 5) is -0.0807. The van der Waals surface area contributed by atoms with E-state index in [1.54, 1.807) is 13.2 Å². The Kier molecular flexibility index (Phi) is 6.30. The first-order valence-corrected chi connectivity index (χ1v) is 8.86. The summed E-state index contributed by atoms with van der Waals surface area (Å²) in [5.41, 5.74) is 0.291. The Labute approximate surface area is 128 Å². The Bertz CT molecular complexity index is 610. The SMILES string of the molecule is CSC(CO)C(C)NS(=O)(=O)c1ccc(C#N)cc1Cl. The highest BCUT2D eigenvalue weighted by Crippen LogP contribution is 2.23. The highest BCUT2D eigenvalue weighted by Gasteiger charge is 2.24. The Morgan fingerprint density at radius 1 is 1.55 bits per heavy atom. The van der Waals surface area contributed by atoms with Crippen LogP contribution in [0.1, 0.15) is 12.5 Å². The van der Waals surface area contributed by atoms with E-state index in [0.717, 1.165) is 0 Å². The van der Waals surface area contributed by atoms with Crippen LogP contribution in [0, 0.1) is 11.3 Å². The Morgan fingerprint density at radius 2 is 2.20 bits per heavy atom. The molecule has 0 radical (unpaired) electrons. The summed E-state index contributed by atoms with van der Waals surface area (Å²) in [6.45, 7) is 1.54. The van der Waals surface area contributed by atoms with E-state index in [1.165, 1.54) is 30.0 Å². The van der Waals surface area contributed by atoms with Gasteiger partial charge >= 0.3 is 0 Å². The van der Waals surface area contributed by atoms with Crippen LogP contribution in [0.3, 0.4) is 0 Å². The van der Waals surface area contributed by atoms with Crippen molar-refractivity contribution in [3.63, 3.8) is 0 Å². The normalized spacial score (nSPS) is 14.6. The molecule has 0 aliphatic heterocycles. The van der Waals surface area contributed by atoms with Crippen molar-refractivity contribution in [2.75, 3.05) is 12.9 Å². The Morgan fingerprint density at radius 3 is 2.65 bits per heavy atom. The van der Waals surface area contributed by atoms with Gasteiger partial charge in [0, 0.05) is 11.3 Å². The lowest BCUT2D eigenvalue weighted by Crippen LogP contribution is -2.41. The van der Waals surface area contributed by atoms with Crippen LogP contribution < -0.4 is 4.72 Å². The standard InChI is InChI=1S/C12H15ClN2O3S2/c1-8(11(7-16)19-2)15-20(17,18)12-4-3-9(6-14)5-10(12)13/h3-5,8,11,15-16H,7H2,1-2H3. The van der Waals surface area contributed by atoms with Crippen molar-refractivity contribution in [1.29, 1.82) is 5.26 Å². The molecule has 0 bridgehead atoms. The van der Waals surface area contributed by atoms with E-state index in [0.29, 0.717) is 5.56 Å². The zero-order valence-corrected chi connectivity index (χ0v) is 13.4. The number of rotatable bonds is 6. The van der Waals surface area contributed by atoms with Crippen LogP contribution in [0.25, 0.3) is 0 Å². The van der Waals surface area contributed by atoms with Crippen molar-refractivity contribution < 1.29 is 13.5 Å². The summed E-state index contributed by atoms with van der Waals surface area (Å²) in [6.07, 6.45) is 1.79. The number of sulfonamides is 1. The topological polar surface area (TPSA) is 90.2 Å². The number of hydrogen-bond acceptors (Lipinski definition) is 5. The van der Waals surface area contributed by atoms with E-state index in [-0.39, 0.29) is 21.8 Å². The third-order valence-electron chi connectivity index (χ3n) is 2.73. The van der Waals surface area contributed by atoms with Crippen molar-refractivity contribution >= 4 is 33.4 Å². The molecule has 110 valence electrons. The molecule has 2 unspecified atom stereocenters. The van der Waals surface area contributed by atoms with Gasteiger partial charge in [0.2, 0.25) is 10.0 Å². The molecule has 1 aromatic rings. The highest BCUT2D eigenvalue weighted by molar-refractivity contribution is 7.99. The number of halogens is 1. The molecule has 8 heteroatoms. The molecule has 1 rings (SSSR count). The predicted molar refractivity (Wildman–Crippen MR) is 80.3 cm³/mol. The Hall–Kier alpha value is -0.780. The third kappa shape index (κ3) is 4.11. The zero-order chi connectivity index (χ0) is 15.3. The highest BCUT2D eigenvalue weighted by atomic mass is 35.5. The first-order chi connectivity index (χ1) is 9.35. The summed E-state index contributed by atoms with van der Waals surface area (Å²) in [5, 5.41) is 17.6. The summed E-state index contributed by atoms with van der Waals surface area (Å²) in [7, 11) is -3.80. The molecule has 2 N–H and O–H groups in total. The second-order valence-electron chi connectivity index (χ2n) is 4.12. The van der Waals surface area contributed by atoms with Gasteiger partial charge in [0.15, 0.2) is 0 Å². The average molecular weight is 335 g/mol. The van der Waals surface area contributed by atoms with E-state index in [1.807, 2.05) is 6.07 Å². The number of thioether (sulfide) groups is 1. The van der Waals surface area contributed by atoms with Gasteiger partial charge in [-0.05, 0) is 31.4 Å². The first-order valence-electron chi connectivity index (χ1n) is 5.71. The number of nitrogens with one attached hydrogen (secondary N) is 1. The first kappa shape index (κ1) is 17.3. The van der Waals surface area contributed by atoms with Gasteiger partial charge in [-0.2, -0.15) is 17.0 Å². The monoisotopic (exact) mass is 334 g/mol. The fourth-order valence-electron chi connectivity index (χ4n) is 1.61. The molecule has 0 aliphatic carbocycles. The van der Waals surface area contributed by atoms with Gasteiger partial charge in [-0.25, -0.2) is 13.1 Å². The van der Waals surface area contributed by atoms with E-state index < -0.39 is 16.1 Å². The van der Waals surface area contributed by atoms with Gasteiger partial charge in [-0.3, -0.25) is 0 Å². The van der Waals surface area contributed by atoms with Gasteiger partial charge in [-0.15, -0.1) is 0 Å². The van der Waals surface area contributed by atoms with Crippen LogP contribution in [0.4, 0.5) is 0 Å². The van der Waals surface area contributed by atoms with Crippen molar-refractivity contribution in [3.05, 3.63) is 28.8 Å². The summed E-state index contributed by atoms with van der Waals surface area (Å²) in [5.74, 6) is 0. The molecule has 0 aliphatic rings. The lowest BCUT2D eigenvalue weighted by Gasteiger charge is -2.21. The lowest BCUT2D eigenvalue weighted by molar-refractivity contribution is 0.282. The van der Waals surface area contributed by atoms with Gasteiger partial charge in [0.1, 0.15) is 4.90 Å². The van der Waals surface area contributed by atoms with Gasteiger partial charge < -0.3 is 5.11 Å². The number of hydrogen-bond donors (Lipinski definition) is 2. The van der Waals surface area contributed by atoms with E-state index in [2.05, 4.69) is 4.72 Å². The van der Waals surface area contributed by atoms with Crippen LogP contribution in [0.5, 0.6) is 0 Å². The van der Waals surface area contributed by atoms with Crippen molar-refractivity contribution in [3.8, 4) is 6.07 Å². The number of aliphatic hydroxyl groups excluding tert-OH is 1. The van der Waals surface area contributed by atoms with Crippen LogP contribution in [-0.2, 0) is 10.0 Å². The van der Waals surface area contributed by atoms with Crippen molar-refractivity contribution in [2.24, 2.45) is 0 Å². The third-order valence-corrected chi connectivity index (χ3v) is 5.94. The molecule has 0 saturated carbocycles. The van der Waals surface area contributed by atoms with E-state index >= 15 is 0 Å². The smallest absolute Gasteiger partial charge is 0.242 e. The molecule has 0 aromatic heterocycles. The van der Waals surface area contributed by atoms with Crippen molar-refractivity contribution in [1.82, 2.24) is 4.72 Å². The largest absolute Gasteiger partial charge is 0.395 e. The molecule has 0 spiro atoms. The summed E-state index contributed by atoms with van der Waals surface area (Å²) < 4.78 is 26.9. The van der Waals surface area contributed by atoms with Crippen LogP contribution in [0.2, 0.25) is 5.02 Å². The summed E-state index contributed by atoms with van der Waals surface area (Å²) in [6, 6.07) is 5.43. The maximum absolute atomic E-state index is 12.2. The number of nitrogens with zero attached hydrogens (tertiary/aromatic N) is 1. The van der Waals surface area contributed by atoms with E-state index in [9.17, 15) is 8.42 Å². The molecule has 1 aromatic carbocycles. The molecule has 2 atom stereocenters. The van der Waals surface area contributed by atoms with E-state index in [4.69, 9.17) is 22.0 Å². The molecular weight excluding hydrogens is 320 g/mol. The van der Waals surface area contributed by atoms with Crippen LogP contribution in [0.15, 0.2) is 23.1 Å². The number of aliphatic hydroxyl groups is 1. The predicted octanol–water partition coefficient (Wildman–Crippen LogP) is 1.60. The molecule has 0 fully saturated rings. The minimum absolute atomic E-state index is 0.00606.